The Hall–Kier alpha value is -1.30. The van der Waals surface area contributed by atoms with Crippen molar-refractivity contribution in [1.82, 2.24) is 10.2 Å². The standard InChI is InChI=1S/C11H22N2O4/c1-5-6-13(7(2)3)11(17)12-9(8(4)14)10(15)16/h7-9,14H,5-6H2,1-4H3,(H,12,17)(H,15,16). The average molecular weight is 246 g/mol. The quantitative estimate of drug-likeness (QED) is 0.642. The van der Waals surface area contributed by atoms with Crippen LogP contribution in [0.4, 0.5) is 4.79 Å². The second-order valence-corrected chi connectivity index (χ2v) is 4.29. The molecule has 2 unspecified atom stereocenters. The first-order valence-electron chi connectivity index (χ1n) is 5.79. The molecule has 0 aromatic rings. The van der Waals surface area contributed by atoms with Gasteiger partial charge in [-0.15, -0.1) is 0 Å². The summed E-state index contributed by atoms with van der Waals surface area (Å²) in [7, 11) is 0. The summed E-state index contributed by atoms with van der Waals surface area (Å²) in [6.45, 7) is 7.53. The fourth-order valence-electron chi connectivity index (χ4n) is 1.44. The number of aliphatic carboxylic acids is 1. The lowest BCUT2D eigenvalue weighted by Crippen LogP contribution is -2.53. The van der Waals surface area contributed by atoms with Crippen molar-refractivity contribution >= 4 is 12.0 Å². The number of rotatable bonds is 6. The SMILES string of the molecule is CCCN(C(=O)NC(C(=O)O)C(C)O)C(C)C. The molecule has 0 radical (unpaired) electrons. The highest BCUT2D eigenvalue weighted by Crippen LogP contribution is 2.02. The van der Waals surface area contributed by atoms with Gasteiger partial charge < -0.3 is 20.4 Å². The number of aliphatic hydroxyl groups is 1. The fraction of sp³-hybridized carbons (Fsp3) is 0.818. The number of amides is 2. The van der Waals surface area contributed by atoms with Crippen molar-refractivity contribution < 1.29 is 19.8 Å². The molecule has 2 atom stereocenters. The minimum absolute atomic E-state index is 0.0154. The van der Waals surface area contributed by atoms with Crippen molar-refractivity contribution in [3.8, 4) is 0 Å². The third-order valence-corrected chi connectivity index (χ3v) is 2.38. The van der Waals surface area contributed by atoms with Gasteiger partial charge in [-0.1, -0.05) is 6.92 Å². The van der Waals surface area contributed by atoms with Gasteiger partial charge in [-0.25, -0.2) is 9.59 Å². The van der Waals surface area contributed by atoms with Crippen molar-refractivity contribution in [2.24, 2.45) is 0 Å². The molecule has 0 fully saturated rings. The lowest BCUT2D eigenvalue weighted by Gasteiger charge is -2.28. The first-order chi connectivity index (χ1) is 7.81. The summed E-state index contributed by atoms with van der Waals surface area (Å²) in [4.78, 5) is 24.2. The maximum Gasteiger partial charge on any atom is 0.328 e. The van der Waals surface area contributed by atoms with Gasteiger partial charge in [0.15, 0.2) is 6.04 Å². The molecule has 0 rings (SSSR count). The van der Waals surface area contributed by atoms with Gasteiger partial charge in [0, 0.05) is 12.6 Å². The van der Waals surface area contributed by atoms with Gasteiger partial charge in [0.05, 0.1) is 6.10 Å². The zero-order valence-corrected chi connectivity index (χ0v) is 10.8. The number of hydrogen-bond acceptors (Lipinski definition) is 3. The maximum absolute atomic E-state index is 11.8. The zero-order chi connectivity index (χ0) is 13.6. The second kappa shape index (κ2) is 7.11. The number of aliphatic hydroxyl groups excluding tert-OH is 1. The third-order valence-electron chi connectivity index (χ3n) is 2.38. The zero-order valence-electron chi connectivity index (χ0n) is 10.8. The molecule has 0 aliphatic heterocycles. The Labute approximate surface area is 102 Å². The fourth-order valence-corrected chi connectivity index (χ4v) is 1.44. The molecule has 100 valence electrons. The Bertz CT molecular complexity index is 266. The van der Waals surface area contributed by atoms with Crippen molar-refractivity contribution in [3.63, 3.8) is 0 Å². The van der Waals surface area contributed by atoms with E-state index in [0.717, 1.165) is 6.42 Å². The molecule has 6 heteroatoms. The molecule has 0 aliphatic carbocycles. The predicted molar refractivity (Wildman–Crippen MR) is 63.8 cm³/mol. The van der Waals surface area contributed by atoms with Gasteiger partial charge in [-0.05, 0) is 27.2 Å². The van der Waals surface area contributed by atoms with E-state index in [1.54, 1.807) is 0 Å². The van der Waals surface area contributed by atoms with E-state index in [1.165, 1.54) is 11.8 Å². The summed E-state index contributed by atoms with van der Waals surface area (Å²) in [6, 6.07) is -1.76. The van der Waals surface area contributed by atoms with Crippen LogP contribution in [-0.4, -0.2) is 51.8 Å². The number of hydrogen-bond donors (Lipinski definition) is 3. The highest BCUT2D eigenvalue weighted by Gasteiger charge is 2.27. The number of nitrogens with zero attached hydrogens (tertiary/aromatic N) is 1. The number of nitrogens with one attached hydrogen (secondary N) is 1. The summed E-state index contributed by atoms with van der Waals surface area (Å²) in [6.07, 6.45) is -0.343. The van der Waals surface area contributed by atoms with Crippen LogP contribution in [0.1, 0.15) is 34.1 Å². The summed E-state index contributed by atoms with van der Waals surface area (Å²) in [5.74, 6) is -1.24. The van der Waals surface area contributed by atoms with E-state index in [4.69, 9.17) is 5.11 Å². The Balaban J connectivity index is 4.62. The summed E-state index contributed by atoms with van der Waals surface area (Å²) in [5, 5.41) is 20.4. The van der Waals surface area contributed by atoms with E-state index in [9.17, 15) is 14.7 Å². The first kappa shape index (κ1) is 15.7. The highest BCUT2D eigenvalue weighted by molar-refractivity contribution is 5.83. The molecular weight excluding hydrogens is 224 g/mol. The van der Waals surface area contributed by atoms with E-state index >= 15 is 0 Å². The lowest BCUT2D eigenvalue weighted by atomic mass is 10.2. The van der Waals surface area contributed by atoms with Crippen molar-refractivity contribution in [3.05, 3.63) is 0 Å². The van der Waals surface area contributed by atoms with Gasteiger partial charge in [-0.2, -0.15) is 0 Å². The smallest absolute Gasteiger partial charge is 0.328 e. The number of carboxylic acids is 1. The number of urea groups is 1. The summed E-state index contributed by atoms with van der Waals surface area (Å²) in [5.41, 5.74) is 0. The largest absolute Gasteiger partial charge is 0.480 e. The monoisotopic (exact) mass is 246 g/mol. The minimum Gasteiger partial charge on any atom is -0.480 e. The molecule has 0 saturated carbocycles. The molecule has 0 aromatic carbocycles. The Morgan fingerprint density at radius 1 is 1.29 bits per heavy atom. The van der Waals surface area contributed by atoms with E-state index in [1.807, 2.05) is 20.8 Å². The molecule has 3 N–H and O–H groups in total. The summed E-state index contributed by atoms with van der Waals surface area (Å²) >= 11 is 0. The predicted octanol–water partition coefficient (Wildman–Crippen LogP) is 0.650. The lowest BCUT2D eigenvalue weighted by molar-refractivity contribution is -0.141. The topological polar surface area (TPSA) is 89.9 Å². The number of carboxylic acid groups (broad SMARTS) is 1. The molecule has 0 spiro atoms. The van der Waals surface area contributed by atoms with Crippen LogP contribution in [0.2, 0.25) is 0 Å². The minimum atomic E-state index is -1.28. The van der Waals surface area contributed by atoms with Crippen LogP contribution in [0.3, 0.4) is 0 Å². The molecule has 0 bridgehead atoms. The highest BCUT2D eigenvalue weighted by atomic mass is 16.4. The number of carbonyl (C=O) groups excluding carboxylic acids is 1. The van der Waals surface area contributed by atoms with Gasteiger partial charge in [0.25, 0.3) is 0 Å². The van der Waals surface area contributed by atoms with E-state index < -0.39 is 24.1 Å². The van der Waals surface area contributed by atoms with Crippen LogP contribution in [0.15, 0.2) is 0 Å². The Morgan fingerprint density at radius 2 is 1.82 bits per heavy atom. The van der Waals surface area contributed by atoms with Crippen LogP contribution >= 0.6 is 0 Å². The Kier molecular flexibility index (Phi) is 6.57. The van der Waals surface area contributed by atoms with Crippen LogP contribution in [0.5, 0.6) is 0 Å². The normalized spacial score (nSPS) is 14.2. The second-order valence-electron chi connectivity index (χ2n) is 4.29. The van der Waals surface area contributed by atoms with Crippen molar-refractivity contribution in [2.45, 2.75) is 52.3 Å². The molecule has 17 heavy (non-hydrogen) atoms. The van der Waals surface area contributed by atoms with E-state index in [-0.39, 0.29) is 6.04 Å². The first-order valence-corrected chi connectivity index (χ1v) is 5.79. The summed E-state index contributed by atoms with van der Waals surface area (Å²) < 4.78 is 0. The van der Waals surface area contributed by atoms with Gasteiger partial charge in [0.1, 0.15) is 0 Å². The number of carbonyl (C=O) groups is 2. The van der Waals surface area contributed by atoms with Crippen molar-refractivity contribution in [2.75, 3.05) is 6.54 Å². The molecule has 0 aromatic heterocycles. The van der Waals surface area contributed by atoms with Gasteiger partial charge in [-0.3, -0.25) is 0 Å². The molecule has 2 amide bonds. The van der Waals surface area contributed by atoms with Crippen LogP contribution in [0, 0.1) is 0 Å². The van der Waals surface area contributed by atoms with Gasteiger partial charge in [0.2, 0.25) is 0 Å². The van der Waals surface area contributed by atoms with E-state index in [2.05, 4.69) is 5.32 Å². The molecule has 0 aliphatic rings. The molecule has 0 saturated heterocycles. The van der Waals surface area contributed by atoms with Crippen molar-refractivity contribution in [1.29, 1.82) is 0 Å². The van der Waals surface area contributed by atoms with Gasteiger partial charge >= 0.3 is 12.0 Å². The molecule has 6 nitrogen and oxygen atoms in total. The van der Waals surface area contributed by atoms with E-state index in [0.29, 0.717) is 6.54 Å². The Morgan fingerprint density at radius 3 is 2.12 bits per heavy atom. The molecular formula is C11H22N2O4. The van der Waals surface area contributed by atoms with Crippen LogP contribution < -0.4 is 5.32 Å². The third kappa shape index (κ3) is 5.04. The van der Waals surface area contributed by atoms with Crippen LogP contribution in [-0.2, 0) is 4.79 Å². The molecule has 0 heterocycles. The average Bonchev–Trinajstić information content (AvgIpc) is 2.20. The maximum atomic E-state index is 11.8. The van der Waals surface area contributed by atoms with Crippen LogP contribution in [0.25, 0.3) is 0 Å².